The molecule has 0 saturated heterocycles. The zero-order valence-corrected chi connectivity index (χ0v) is 27.8. The van der Waals surface area contributed by atoms with Gasteiger partial charge >= 0.3 is 226 Å². The van der Waals surface area contributed by atoms with Crippen LogP contribution in [-0.4, -0.2) is 3.21 Å². The first-order chi connectivity index (χ1) is 16.6. The minimum Gasteiger partial charge on any atom is -1.00 e. The van der Waals surface area contributed by atoms with Crippen LogP contribution in [0.2, 0.25) is 0 Å². The van der Waals surface area contributed by atoms with Crippen molar-refractivity contribution in [2.75, 3.05) is 0 Å². The molecule has 2 aromatic carbocycles. The molecule has 0 heterocycles. The van der Waals surface area contributed by atoms with Crippen LogP contribution in [0.25, 0.3) is 16.7 Å². The molecule has 1 saturated carbocycles. The van der Waals surface area contributed by atoms with Gasteiger partial charge in [0.1, 0.15) is 0 Å². The van der Waals surface area contributed by atoms with Gasteiger partial charge in [0.25, 0.3) is 0 Å². The van der Waals surface area contributed by atoms with E-state index in [0.29, 0.717) is 0 Å². The predicted molar refractivity (Wildman–Crippen MR) is 151 cm³/mol. The van der Waals surface area contributed by atoms with Crippen LogP contribution in [0.3, 0.4) is 0 Å². The summed E-state index contributed by atoms with van der Waals surface area (Å²) in [6.45, 7) is 16.9. The second kappa shape index (κ2) is 11.8. The summed E-state index contributed by atoms with van der Waals surface area (Å²) in [4.78, 5) is 0. The molecule has 2 aromatic rings. The summed E-state index contributed by atoms with van der Waals surface area (Å²) in [6, 6.07) is 7.44. The fraction of sp³-hybridized carbons (Fsp3) is 0.500. The van der Waals surface area contributed by atoms with Crippen LogP contribution in [0.4, 0.5) is 0 Å². The number of benzene rings is 2. The third kappa shape index (κ3) is 5.90. The van der Waals surface area contributed by atoms with Crippen LogP contribution in [0.1, 0.15) is 120 Å². The van der Waals surface area contributed by atoms with Crippen molar-refractivity contribution >= 4 is 12.1 Å². The maximum absolute atomic E-state index is 2.55. The molecule has 0 nitrogen and oxygen atoms in total. The fourth-order valence-corrected chi connectivity index (χ4v) is 11.3. The minimum absolute atomic E-state index is 0. The van der Waals surface area contributed by atoms with Crippen LogP contribution in [0, 0.1) is 0 Å². The third-order valence-electron chi connectivity index (χ3n) is 8.27. The smallest absolute Gasteiger partial charge is 1.00 e. The van der Waals surface area contributed by atoms with Gasteiger partial charge in [-0.2, -0.15) is 0 Å². The first-order valence-electron chi connectivity index (χ1n) is 13.9. The average molecular weight is 614 g/mol. The summed E-state index contributed by atoms with van der Waals surface area (Å²) in [5.74, 6) is 0. The number of hydrogen-bond acceptors (Lipinski definition) is 0. The molecule has 0 unspecified atom stereocenters. The van der Waals surface area contributed by atoms with Gasteiger partial charge in [-0.25, -0.2) is 0 Å². The Kier molecular flexibility index (Phi) is 9.80. The van der Waals surface area contributed by atoms with E-state index in [-0.39, 0.29) is 35.6 Å². The SMILES string of the molecule is CCc1c(C2=CC=CC2)c(C(C)(C)C)[c]([Zr+2]=[C]2CCCCC2)c2c1-c1ccc(C(C)(C)C)cc1C2.[Cl-].[Cl-]. The molecule has 0 bridgehead atoms. The van der Waals surface area contributed by atoms with Crippen molar-refractivity contribution in [3.63, 3.8) is 0 Å². The Balaban J connectivity index is 0.00000190. The van der Waals surface area contributed by atoms with E-state index in [0.717, 1.165) is 19.3 Å². The molecule has 0 radical (unpaired) electrons. The van der Waals surface area contributed by atoms with Gasteiger partial charge in [-0.15, -0.1) is 0 Å². The Bertz CT molecular complexity index is 1250. The van der Waals surface area contributed by atoms with E-state index in [1.165, 1.54) is 43.2 Å². The molecule has 0 aromatic heterocycles. The van der Waals surface area contributed by atoms with Crippen molar-refractivity contribution in [1.82, 2.24) is 0 Å². The fourth-order valence-electron chi connectivity index (χ4n) is 6.51. The van der Waals surface area contributed by atoms with E-state index in [9.17, 15) is 0 Å². The van der Waals surface area contributed by atoms with Crippen molar-refractivity contribution in [2.24, 2.45) is 0 Å². The Morgan fingerprint density at radius 2 is 1.57 bits per heavy atom. The molecular formula is C34H43Cl2Zr. The summed E-state index contributed by atoms with van der Waals surface area (Å²) in [5.41, 5.74) is 14.8. The molecule has 3 aliphatic rings. The molecule has 3 heteroatoms. The Morgan fingerprint density at radius 1 is 0.865 bits per heavy atom. The van der Waals surface area contributed by atoms with Gasteiger partial charge in [0.2, 0.25) is 0 Å². The van der Waals surface area contributed by atoms with Gasteiger partial charge in [-0.05, 0) is 0 Å². The molecule has 5 rings (SSSR count). The molecule has 197 valence electrons. The molecule has 0 aliphatic heterocycles. The molecule has 0 atom stereocenters. The van der Waals surface area contributed by atoms with E-state index in [4.69, 9.17) is 0 Å². The maximum atomic E-state index is 2.55. The van der Waals surface area contributed by atoms with Gasteiger partial charge in [0, 0.05) is 0 Å². The van der Waals surface area contributed by atoms with Crippen LogP contribution < -0.4 is 28.1 Å². The van der Waals surface area contributed by atoms with Gasteiger partial charge in [-0.1, -0.05) is 0 Å². The van der Waals surface area contributed by atoms with Crippen molar-refractivity contribution in [2.45, 2.75) is 111 Å². The first kappa shape index (κ1) is 30.8. The second-order valence-corrected chi connectivity index (χ2v) is 16.6. The van der Waals surface area contributed by atoms with Crippen molar-refractivity contribution < 1.29 is 47.6 Å². The van der Waals surface area contributed by atoms with Gasteiger partial charge < -0.3 is 24.8 Å². The van der Waals surface area contributed by atoms with Crippen LogP contribution in [-0.2, 0) is 46.4 Å². The molecule has 0 N–H and O–H groups in total. The van der Waals surface area contributed by atoms with Gasteiger partial charge in [0.05, 0.1) is 0 Å². The second-order valence-electron chi connectivity index (χ2n) is 13.0. The van der Waals surface area contributed by atoms with Crippen molar-refractivity contribution in [3.8, 4) is 11.1 Å². The van der Waals surface area contributed by atoms with E-state index < -0.39 is 22.8 Å². The van der Waals surface area contributed by atoms with Crippen molar-refractivity contribution in [1.29, 1.82) is 0 Å². The molecule has 37 heavy (non-hydrogen) atoms. The molecule has 0 amide bonds. The number of allylic oxidation sites excluding steroid dienone is 4. The normalized spacial score (nSPS) is 16.4. The van der Waals surface area contributed by atoms with E-state index in [2.05, 4.69) is 84.9 Å². The van der Waals surface area contributed by atoms with Crippen LogP contribution in [0.15, 0.2) is 36.4 Å². The molecule has 0 spiro atoms. The molecular weight excluding hydrogens is 571 g/mol. The largest absolute Gasteiger partial charge is 1.00 e. The summed E-state index contributed by atoms with van der Waals surface area (Å²) < 4.78 is 3.81. The summed E-state index contributed by atoms with van der Waals surface area (Å²) >= 11 is -0.807. The topological polar surface area (TPSA) is 0 Å². The minimum atomic E-state index is -0.807. The summed E-state index contributed by atoms with van der Waals surface area (Å²) in [6.07, 6.45) is 17.5. The Labute approximate surface area is 249 Å². The monoisotopic (exact) mass is 611 g/mol. The number of hydrogen-bond donors (Lipinski definition) is 0. The van der Waals surface area contributed by atoms with E-state index >= 15 is 0 Å². The maximum Gasteiger partial charge on any atom is -1.00 e. The van der Waals surface area contributed by atoms with Crippen molar-refractivity contribution in [3.05, 3.63) is 69.8 Å². The average Bonchev–Trinajstić information content (AvgIpc) is 3.46. The number of rotatable bonds is 3. The predicted octanol–water partition coefficient (Wildman–Crippen LogP) is 2.61. The summed E-state index contributed by atoms with van der Waals surface area (Å²) in [7, 11) is 0. The summed E-state index contributed by atoms with van der Waals surface area (Å²) in [5, 5.41) is 0. The number of fused-ring (bicyclic) bond motifs is 3. The van der Waals surface area contributed by atoms with Gasteiger partial charge in [-0.3, -0.25) is 0 Å². The van der Waals surface area contributed by atoms with E-state index in [1.54, 1.807) is 39.0 Å². The van der Waals surface area contributed by atoms with E-state index in [1.807, 2.05) is 6.48 Å². The third-order valence-corrected chi connectivity index (χ3v) is 12.3. The van der Waals surface area contributed by atoms with Crippen LogP contribution in [0.5, 0.6) is 0 Å². The zero-order chi connectivity index (χ0) is 25.0. The number of halogens is 2. The standard InChI is InChI=1S/C28H33.C6H10.2ClH.Zr/c1-8-22-25-20(15-19-16-21(27(2,3)4)13-14-23(19)25)17-24(28(5,6)7)26(22)18-11-9-10-12-18;1-2-4-6-5-3-1;;;/h9-11,13-14,16H,8,12,15H2,1-7H3;1-5H2;2*1H;/q;;;;+2/p-2. The molecule has 1 fully saturated rings. The Morgan fingerprint density at radius 3 is 2.14 bits per heavy atom. The van der Waals surface area contributed by atoms with Crippen LogP contribution >= 0.6 is 0 Å². The Hall–Kier alpha value is -0.747. The van der Waals surface area contributed by atoms with Gasteiger partial charge in [0.15, 0.2) is 0 Å². The quantitative estimate of drug-likeness (QED) is 0.427. The molecule has 3 aliphatic carbocycles. The first-order valence-corrected chi connectivity index (χ1v) is 16.4. The zero-order valence-electron chi connectivity index (χ0n) is 23.9.